The van der Waals surface area contributed by atoms with E-state index < -0.39 is 0 Å². The zero-order valence-corrected chi connectivity index (χ0v) is 18.0. The van der Waals surface area contributed by atoms with E-state index in [0.29, 0.717) is 42.7 Å². The third-order valence-corrected chi connectivity index (χ3v) is 5.34. The number of rotatable bonds is 6. The first-order chi connectivity index (χ1) is 15.0. The van der Waals surface area contributed by atoms with Gasteiger partial charge in [-0.1, -0.05) is 0 Å². The number of nitrogens with zero attached hydrogens (tertiary/aromatic N) is 6. The maximum atomic E-state index is 12.8. The molecule has 0 atom stereocenters. The minimum Gasteiger partial charge on any atom is -0.453 e. The molecule has 3 aromatic rings. The summed E-state index contributed by atoms with van der Waals surface area (Å²) in [5.41, 5.74) is 1.61. The average molecular weight is 422 g/mol. The van der Waals surface area contributed by atoms with Crippen LogP contribution < -0.4 is 4.90 Å². The van der Waals surface area contributed by atoms with Gasteiger partial charge in [0, 0.05) is 64.4 Å². The smallest absolute Gasteiger partial charge is 0.289 e. The summed E-state index contributed by atoms with van der Waals surface area (Å²) in [6, 6.07) is 5.51. The molecule has 1 aliphatic rings. The van der Waals surface area contributed by atoms with Gasteiger partial charge in [0.25, 0.3) is 5.91 Å². The van der Waals surface area contributed by atoms with Crippen LogP contribution >= 0.6 is 0 Å². The summed E-state index contributed by atoms with van der Waals surface area (Å²) in [6.45, 7) is 1.64. The number of carbonyl (C=O) groups is 1. The van der Waals surface area contributed by atoms with Crippen LogP contribution in [0.4, 0.5) is 5.82 Å². The number of methoxy groups -OCH3 is 1. The van der Waals surface area contributed by atoms with Gasteiger partial charge in [-0.2, -0.15) is 0 Å². The molecule has 0 N–H and O–H groups in total. The van der Waals surface area contributed by atoms with E-state index in [4.69, 9.17) is 14.1 Å². The summed E-state index contributed by atoms with van der Waals surface area (Å²) >= 11 is 0. The summed E-state index contributed by atoms with van der Waals surface area (Å²) in [5, 5.41) is 0. The monoisotopic (exact) mass is 422 g/mol. The minimum absolute atomic E-state index is 0.0854. The highest BCUT2D eigenvalue weighted by molar-refractivity contribution is 5.91. The molecule has 3 aromatic heterocycles. The van der Waals surface area contributed by atoms with Crippen molar-refractivity contribution in [3.63, 3.8) is 0 Å². The molecular formula is C22H26N6O3. The lowest BCUT2D eigenvalue weighted by atomic mass is 9.93. The molecule has 162 valence electrons. The Morgan fingerprint density at radius 2 is 2.03 bits per heavy atom. The van der Waals surface area contributed by atoms with Crippen LogP contribution in [0.2, 0.25) is 0 Å². The van der Waals surface area contributed by atoms with Gasteiger partial charge in [-0.25, -0.2) is 15.0 Å². The predicted octanol–water partition coefficient (Wildman–Crippen LogP) is 2.76. The molecule has 1 amide bonds. The number of hydrogen-bond acceptors (Lipinski definition) is 8. The zero-order valence-electron chi connectivity index (χ0n) is 18.0. The van der Waals surface area contributed by atoms with Gasteiger partial charge in [0.15, 0.2) is 11.6 Å². The molecule has 0 saturated carbocycles. The van der Waals surface area contributed by atoms with Crippen molar-refractivity contribution in [2.75, 3.05) is 39.2 Å². The summed E-state index contributed by atoms with van der Waals surface area (Å²) in [6.07, 6.45) is 6.57. The van der Waals surface area contributed by atoms with E-state index in [-0.39, 0.29) is 11.8 Å². The highest BCUT2D eigenvalue weighted by Crippen LogP contribution is 2.30. The van der Waals surface area contributed by atoms with Gasteiger partial charge in [-0.05, 0) is 25.0 Å². The summed E-state index contributed by atoms with van der Waals surface area (Å²) in [4.78, 5) is 34.5. The number of likely N-dealkylation sites (tertiary alicyclic amines) is 1. The number of piperidine rings is 1. The maximum absolute atomic E-state index is 12.8. The molecule has 1 aliphatic heterocycles. The van der Waals surface area contributed by atoms with Crippen LogP contribution in [0.5, 0.6) is 0 Å². The van der Waals surface area contributed by atoms with E-state index in [0.717, 1.165) is 24.4 Å². The lowest BCUT2D eigenvalue weighted by Crippen LogP contribution is -2.38. The fourth-order valence-corrected chi connectivity index (χ4v) is 3.67. The van der Waals surface area contributed by atoms with Crippen LogP contribution in [-0.2, 0) is 11.3 Å². The number of ether oxygens (including phenoxy) is 1. The molecule has 0 radical (unpaired) electrons. The molecule has 31 heavy (non-hydrogen) atoms. The lowest BCUT2D eigenvalue weighted by molar-refractivity contribution is 0.0672. The molecular weight excluding hydrogens is 396 g/mol. The summed E-state index contributed by atoms with van der Waals surface area (Å²) in [5.74, 6) is 2.54. The average Bonchev–Trinajstić information content (AvgIpc) is 3.28. The van der Waals surface area contributed by atoms with Crippen LogP contribution in [0.25, 0.3) is 11.5 Å². The Balaban J connectivity index is 1.49. The van der Waals surface area contributed by atoms with Crippen LogP contribution in [0.15, 0.2) is 41.2 Å². The van der Waals surface area contributed by atoms with E-state index in [1.807, 2.05) is 30.0 Å². The minimum atomic E-state index is -0.0854. The summed E-state index contributed by atoms with van der Waals surface area (Å²) in [7, 11) is 5.50. The van der Waals surface area contributed by atoms with Crippen molar-refractivity contribution in [3.8, 4) is 11.5 Å². The molecule has 0 bridgehead atoms. The molecule has 9 nitrogen and oxygen atoms in total. The standard InChI is InChI=1S/C22H26N6O3/c1-27(2)20-12-17(25-21(26-20)18-13-23-8-9-24-18)15-6-10-28(11-7-15)22(29)19-5-4-16(31-19)14-30-3/h4-5,8-9,12-13,15H,6-7,10-11,14H2,1-3H3. The Bertz CT molecular complexity index is 1030. The van der Waals surface area contributed by atoms with Crippen LogP contribution in [0, 0.1) is 0 Å². The van der Waals surface area contributed by atoms with Crippen molar-refractivity contribution in [1.29, 1.82) is 0 Å². The van der Waals surface area contributed by atoms with Crippen LogP contribution in [0.3, 0.4) is 0 Å². The molecule has 0 aromatic carbocycles. The molecule has 0 unspecified atom stereocenters. The Kier molecular flexibility index (Phi) is 6.22. The number of amides is 1. The first kappa shape index (κ1) is 20.9. The van der Waals surface area contributed by atoms with Crippen molar-refractivity contribution >= 4 is 11.7 Å². The molecule has 0 spiro atoms. The quantitative estimate of drug-likeness (QED) is 0.598. The largest absolute Gasteiger partial charge is 0.453 e. The van der Waals surface area contributed by atoms with Gasteiger partial charge < -0.3 is 19.0 Å². The van der Waals surface area contributed by atoms with Crippen LogP contribution in [-0.4, -0.2) is 65.0 Å². The van der Waals surface area contributed by atoms with Crippen molar-refractivity contribution < 1.29 is 13.9 Å². The first-order valence-corrected chi connectivity index (χ1v) is 10.2. The predicted molar refractivity (Wildman–Crippen MR) is 115 cm³/mol. The fraction of sp³-hybridized carbons (Fsp3) is 0.409. The van der Waals surface area contributed by atoms with Gasteiger partial charge >= 0.3 is 0 Å². The van der Waals surface area contributed by atoms with Gasteiger partial charge in [0.1, 0.15) is 23.9 Å². The number of carbonyl (C=O) groups excluding carboxylic acids is 1. The molecule has 4 heterocycles. The lowest BCUT2D eigenvalue weighted by Gasteiger charge is -2.31. The molecule has 4 rings (SSSR count). The van der Waals surface area contributed by atoms with Gasteiger partial charge in [0.05, 0.1) is 6.20 Å². The maximum Gasteiger partial charge on any atom is 0.289 e. The Labute approximate surface area is 181 Å². The third-order valence-electron chi connectivity index (χ3n) is 5.34. The first-order valence-electron chi connectivity index (χ1n) is 10.2. The third kappa shape index (κ3) is 4.72. The molecule has 1 saturated heterocycles. The number of furan rings is 1. The second-order valence-electron chi connectivity index (χ2n) is 7.73. The van der Waals surface area contributed by atoms with E-state index in [2.05, 4.69) is 15.0 Å². The molecule has 0 aliphatic carbocycles. The summed E-state index contributed by atoms with van der Waals surface area (Å²) < 4.78 is 10.7. The van der Waals surface area contributed by atoms with E-state index >= 15 is 0 Å². The zero-order chi connectivity index (χ0) is 21.8. The number of aromatic nitrogens is 4. The number of anilines is 1. The van der Waals surface area contributed by atoms with E-state index in [1.54, 1.807) is 37.8 Å². The fourth-order valence-electron chi connectivity index (χ4n) is 3.67. The Hall–Kier alpha value is -3.33. The van der Waals surface area contributed by atoms with Crippen molar-refractivity contribution in [1.82, 2.24) is 24.8 Å². The molecule has 1 fully saturated rings. The van der Waals surface area contributed by atoms with Crippen LogP contribution in [0.1, 0.15) is 40.8 Å². The second-order valence-corrected chi connectivity index (χ2v) is 7.73. The molecule has 9 heteroatoms. The Morgan fingerprint density at radius 1 is 1.23 bits per heavy atom. The van der Waals surface area contributed by atoms with E-state index in [9.17, 15) is 4.79 Å². The Morgan fingerprint density at radius 3 is 2.71 bits per heavy atom. The second kappa shape index (κ2) is 9.22. The highest BCUT2D eigenvalue weighted by Gasteiger charge is 2.28. The SMILES string of the molecule is COCc1ccc(C(=O)N2CCC(c3cc(N(C)C)nc(-c4cnccn4)n3)CC2)o1. The van der Waals surface area contributed by atoms with Gasteiger partial charge in [0.2, 0.25) is 0 Å². The van der Waals surface area contributed by atoms with Crippen molar-refractivity contribution in [2.24, 2.45) is 0 Å². The van der Waals surface area contributed by atoms with Crippen molar-refractivity contribution in [3.05, 3.63) is 54.0 Å². The van der Waals surface area contributed by atoms with Gasteiger partial charge in [-0.15, -0.1) is 0 Å². The van der Waals surface area contributed by atoms with Gasteiger partial charge in [-0.3, -0.25) is 9.78 Å². The topological polar surface area (TPSA) is 97.5 Å². The van der Waals surface area contributed by atoms with Crippen molar-refractivity contribution in [2.45, 2.75) is 25.4 Å². The normalized spacial score (nSPS) is 14.6. The number of hydrogen-bond donors (Lipinski definition) is 0. The van der Waals surface area contributed by atoms with E-state index in [1.165, 1.54) is 0 Å². The highest BCUT2D eigenvalue weighted by atomic mass is 16.5.